The van der Waals surface area contributed by atoms with E-state index in [1.54, 1.807) is 0 Å². The molecule has 0 bridgehead atoms. The second kappa shape index (κ2) is 7.55. The summed E-state index contributed by atoms with van der Waals surface area (Å²) in [6.07, 6.45) is 4.08. The maximum absolute atomic E-state index is 11.5. The molecule has 0 N–H and O–H groups in total. The molecule has 0 aliphatic carbocycles. The topological polar surface area (TPSA) is 34.9 Å². The first-order valence-corrected chi connectivity index (χ1v) is 8.04. The van der Waals surface area contributed by atoms with Gasteiger partial charge in [-0.25, -0.2) is 4.98 Å². The molecule has 3 heteroatoms. The van der Waals surface area contributed by atoms with Crippen LogP contribution in [0.3, 0.4) is 0 Å². The highest BCUT2D eigenvalue weighted by atomic mass is 16.1. The molecule has 0 radical (unpaired) electrons. The van der Waals surface area contributed by atoms with E-state index < -0.39 is 0 Å². The van der Waals surface area contributed by atoms with E-state index in [0.29, 0.717) is 25.1 Å². The van der Waals surface area contributed by atoms with Crippen molar-refractivity contribution in [1.29, 1.82) is 0 Å². The van der Waals surface area contributed by atoms with Crippen molar-refractivity contribution >= 4 is 6.29 Å². The Kier molecular flexibility index (Phi) is 5.02. The molecule has 0 aliphatic heterocycles. The number of benzene rings is 2. The summed E-state index contributed by atoms with van der Waals surface area (Å²) in [6, 6.07) is 20.3. The Hall–Kier alpha value is -2.94. The Morgan fingerprint density at radius 3 is 2.04 bits per heavy atom. The first kappa shape index (κ1) is 15.9. The molecule has 3 rings (SSSR count). The van der Waals surface area contributed by atoms with Gasteiger partial charge >= 0.3 is 0 Å². The van der Waals surface area contributed by atoms with Crippen LogP contribution in [0, 0.1) is 0 Å². The zero-order valence-corrected chi connectivity index (χ0v) is 13.6. The molecule has 0 atom stereocenters. The second-order valence-corrected chi connectivity index (χ2v) is 5.70. The predicted molar refractivity (Wildman–Crippen MR) is 96.3 cm³/mol. The van der Waals surface area contributed by atoms with Crippen LogP contribution in [0.4, 0.5) is 0 Å². The van der Waals surface area contributed by atoms with Crippen molar-refractivity contribution in [1.82, 2.24) is 9.55 Å². The van der Waals surface area contributed by atoms with Crippen molar-refractivity contribution in [3.05, 3.63) is 102 Å². The van der Waals surface area contributed by atoms with E-state index in [1.165, 1.54) is 5.56 Å². The minimum atomic E-state index is 0.520. The van der Waals surface area contributed by atoms with Gasteiger partial charge in [0, 0.05) is 19.4 Å². The van der Waals surface area contributed by atoms with E-state index in [2.05, 4.69) is 40.4 Å². The van der Waals surface area contributed by atoms with Gasteiger partial charge < -0.3 is 4.57 Å². The molecule has 0 saturated heterocycles. The average Bonchev–Trinajstić information content (AvgIpc) is 2.94. The van der Waals surface area contributed by atoms with Crippen LogP contribution < -0.4 is 0 Å². The Labute approximate surface area is 142 Å². The summed E-state index contributed by atoms with van der Waals surface area (Å²) in [4.78, 5) is 16.1. The minimum absolute atomic E-state index is 0.520. The highest BCUT2D eigenvalue weighted by molar-refractivity contribution is 5.74. The van der Waals surface area contributed by atoms with E-state index in [4.69, 9.17) is 0 Å². The van der Waals surface area contributed by atoms with E-state index >= 15 is 0 Å². The smallest absolute Gasteiger partial charge is 0.170 e. The van der Waals surface area contributed by atoms with Crippen LogP contribution >= 0.6 is 0 Å². The van der Waals surface area contributed by atoms with Crippen LogP contribution in [0.1, 0.15) is 33.1 Å². The molecule has 1 aromatic heterocycles. The number of aromatic nitrogens is 2. The van der Waals surface area contributed by atoms with E-state index in [-0.39, 0.29) is 0 Å². The van der Waals surface area contributed by atoms with Crippen LogP contribution in [0.5, 0.6) is 0 Å². The summed E-state index contributed by atoms with van der Waals surface area (Å²) in [7, 11) is 0. The molecule has 3 nitrogen and oxygen atoms in total. The number of imidazole rings is 1. The fraction of sp³-hybridized carbons (Fsp3) is 0.143. The van der Waals surface area contributed by atoms with Gasteiger partial charge in [0.05, 0.1) is 5.69 Å². The number of aldehydes is 1. The molecular formula is C21H20N2O. The van der Waals surface area contributed by atoms with Gasteiger partial charge in [-0.05, 0) is 11.1 Å². The Balaban J connectivity index is 2.00. The zero-order valence-electron chi connectivity index (χ0n) is 13.6. The minimum Gasteiger partial charge on any atom is -0.327 e. The molecule has 0 unspecified atom stereocenters. The highest BCUT2D eigenvalue weighted by Gasteiger charge is 2.16. The predicted octanol–water partition coefficient (Wildman–Crippen LogP) is 4.06. The number of nitrogens with zero attached hydrogens (tertiary/aromatic N) is 2. The van der Waals surface area contributed by atoms with Crippen molar-refractivity contribution in [3.63, 3.8) is 0 Å². The van der Waals surface area contributed by atoms with Gasteiger partial charge in [-0.3, -0.25) is 4.79 Å². The first-order valence-electron chi connectivity index (χ1n) is 8.04. The molecule has 0 spiro atoms. The van der Waals surface area contributed by atoms with Crippen LogP contribution in [0.2, 0.25) is 0 Å². The molecule has 24 heavy (non-hydrogen) atoms. The molecule has 1 heterocycles. The third kappa shape index (κ3) is 3.51. The van der Waals surface area contributed by atoms with Crippen LogP contribution in [0.15, 0.2) is 73.3 Å². The molecule has 3 aromatic rings. The summed E-state index contributed by atoms with van der Waals surface area (Å²) < 4.78 is 2.11. The lowest BCUT2D eigenvalue weighted by molar-refractivity contribution is 0.111. The van der Waals surface area contributed by atoms with Gasteiger partial charge in [-0.15, -0.1) is 6.58 Å². The molecule has 0 amide bonds. The summed E-state index contributed by atoms with van der Waals surface area (Å²) >= 11 is 0. The van der Waals surface area contributed by atoms with Crippen LogP contribution in [0.25, 0.3) is 0 Å². The van der Waals surface area contributed by atoms with Gasteiger partial charge in [0.15, 0.2) is 6.29 Å². The van der Waals surface area contributed by atoms with Crippen molar-refractivity contribution in [3.8, 4) is 0 Å². The fourth-order valence-electron chi connectivity index (χ4n) is 2.89. The summed E-state index contributed by atoms with van der Waals surface area (Å²) in [5, 5.41) is 0. The van der Waals surface area contributed by atoms with Gasteiger partial charge in [0.2, 0.25) is 0 Å². The van der Waals surface area contributed by atoms with Crippen molar-refractivity contribution < 1.29 is 4.79 Å². The lowest BCUT2D eigenvalue weighted by atomic mass is 10.1. The third-order valence-corrected chi connectivity index (χ3v) is 4.03. The first-order chi connectivity index (χ1) is 11.8. The number of rotatable bonds is 7. The van der Waals surface area contributed by atoms with E-state index in [9.17, 15) is 4.79 Å². The number of allylic oxidation sites excluding steroid dienone is 1. The van der Waals surface area contributed by atoms with Crippen molar-refractivity contribution in [2.45, 2.75) is 19.4 Å². The van der Waals surface area contributed by atoms with Gasteiger partial charge in [0.25, 0.3) is 0 Å². The SMILES string of the molecule is C=CCn1c(Cc2ccccc2)nc(C=O)c1Cc1ccccc1. The lowest BCUT2D eigenvalue weighted by Crippen LogP contribution is -2.08. The van der Waals surface area contributed by atoms with Gasteiger partial charge in [0.1, 0.15) is 11.5 Å². The largest absolute Gasteiger partial charge is 0.327 e. The number of hydrogen-bond acceptors (Lipinski definition) is 2. The summed E-state index contributed by atoms with van der Waals surface area (Å²) in [5.74, 6) is 0.897. The monoisotopic (exact) mass is 316 g/mol. The highest BCUT2D eigenvalue weighted by Crippen LogP contribution is 2.18. The average molecular weight is 316 g/mol. The Morgan fingerprint density at radius 2 is 1.50 bits per heavy atom. The molecular weight excluding hydrogens is 296 g/mol. The summed E-state index contributed by atoms with van der Waals surface area (Å²) in [5.41, 5.74) is 3.81. The fourth-order valence-corrected chi connectivity index (χ4v) is 2.89. The second-order valence-electron chi connectivity index (χ2n) is 5.70. The molecule has 120 valence electrons. The quantitative estimate of drug-likeness (QED) is 0.486. The molecule has 2 aromatic carbocycles. The molecule has 0 saturated carbocycles. The van der Waals surface area contributed by atoms with Crippen LogP contribution in [-0.4, -0.2) is 15.8 Å². The molecule has 0 fully saturated rings. The Morgan fingerprint density at radius 1 is 0.917 bits per heavy atom. The number of carbonyl (C=O) groups excluding carboxylic acids is 1. The number of hydrogen-bond donors (Lipinski definition) is 0. The van der Waals surface area contributed by atoms with E-state index in [0.717, 1.165) is 23.4 Å². The van der Waals surface area contributed by atoms with Crippen molar-refractivity contribution in [2.75, 3.05) is 0 Å². The normalized spacial score (nSPS) is 10.5. The van der Waals surface area contributed by atoms with E-state index in [1.807, 2.05) is 42.5 Å². The van der Waals surface area contributed by atoms with Crippen molar-refractivity contribution in [2.24, 2.45) is 0 Å². The Bertz CT molecular complexity index is 820. The standard InChI is InChI=1S/C21H20N2O/c1-2-13-23-20(14-17-9-5-3-6-10-17)19(16-24)22-21(23)15-18-11-7-4-8-12-18/h2-12,16H,1,13-15H2. The van der Waals surface area contributed by atoms with Crippen LogP contribution in [-0.2, 0) is 19.4 Å². The zero-order chi connectivity index (χ0) is 16.8. The summed E-state index contributed by atoms with van der Waals surface area (Å²) in [6.45, 7) is 4.49. The molecule has 0 aliphatic rings. The maximum atomic E-state index is 11.5. The van der Waals surface area contributed by atoms with Gasteiger partial charge in [-0.2, -0.15) is 0 Å². The van der Waals surface area contributed by atoms with Gasteiger partial charge in [-0.1, -0.05) is 66.7 Å². The third-order valence-electron chi connectivity index (χ3n) is 4.03. The number of carbonyl (C=O) groups is 1. The maximum Gasteiger partial charge on any atom is 0.170 e. The lowest BCUT2D eigenvalue weighted by Gasteiger charge is -2.10.